The minimum Gasteiger partial charge on any atom is -0.409 e. The van der Waals surface area contributed by atoms with Gasteiger partial charge in [0.2, 0.25) is 5.91 Å². The topological polar surface area (TPSA) is 96.9 Å². The summed E-state index contributed by atoms with van der Waals surface area (Å²) < 4.78 is 5.07. The van der Waals surface area contributed by atoms with Gasteiger partial charge in [0.05, 0.1) is 12.1 Å². The zero-order chi connectivity index (χ0) is 12.8. The minimum atomic E-state index is -0.328. The Balaban J connectivity index is 2.37. The molecule has 1 aliphatic rings. The van der Waals surface area contributed by atoms with Gasteiger partial charge in [0.25, 0.3) is 0 Å². The summed E-state index contributed by atoms with van der Waals surface area (Å²) in [7, 11) is 1.62. The van der Waals surface area contributed by atoms with Crippen LogP contribution < -0.4 is 11.1 Å². The third-order valence-electron chi connectivity index (χ3n) is 3.02. The van der Waals surface area contributed by atoms with Gasteiger partial charge >= 0.3 is 0 Å². The number of nitrogens with one attached hydrogen (secondary N) is 1. The smallest absolute Gasteiger partial charge is 0.220 e. The van der Waals surface area contributed by atoms with Crippen molar-refractivity contribution in [3.05, 3.63) is 0 Å². The molecule has 0 aliphatic heterocycles. The highest BCUT2D eigenvalue weighted by molar-refractivity contribution is 5.90. The van der Waals surface area contributed by atoms with E-state index in [0.717, 1.165) is 12.8 Å². The number of amides is 1. The van der Waals surface area contributed by atoms with Crippen LogP contribution in [0.15, 0.2) is 5.16 Å². The van der Waals surface area contributed by atoms with E-state index in [9.17, 15) is 4.79 Å². The van der Waals surface area contributed by atoms with E-state index in [1.165, 1.54) is 0 Å². The Hall–Kier alpha value is -1.30. The third kappa shape index (κ3) is 4.60. The van der Waals surface area contributed by atoms with E-state index in [0.29, 0.717) is 18.8 Å². The van der Waals surface area contributed by atoms with Crippen LogP contribution in [0.3, 0.4) is 0 Å². The van der Waals surface area contributed by atoms with Gasteiger partial charge < -0.3 is 21.0 Å². The van der Waals surface area contributed by atoms with E-state index in [-0.39, 0.29) is 23.9 Å². The summed E-state index contributed by atoms with van der Waals surface area (Å²) in [5.74, 6) is 0.313. The van der Waals surface area contributed by atoms with Gasteiger partial charge in [0.15, 0.2) is 5.84 Å². The molecule has 0 saturated heterocycles. The molecule has 1 saturated carbocycles. The summed E-state index contributed by atoms with van der Waals surface area (Å²) in [6, 6.07) is -0.328. The molecule has 1 rings (SSSR count). The number of hydrogen-bond acceptors (Lipinski definition) is 4. The molecule has 0 bridgehead atoms. The quantitative estimate of drug-likeness (QED) is 0.261. The molecule has 6 heteroatoms. The van der Waals surface area contributed by atoms with Crippen LogP contribution in [0.25, 0.3) is 0 Å². The molecular weight excluding hydrogens is 222 g/mol. The second kappa shape index (κ2) is 6.44. The van der Waals surface area contributed by atoms with E-state index in [1.807, 2.05) is 6.92 Å². The van der Waals surface area contributed by atoms with Crippen LogP contribution in [0.1, 0.15) is 32.6 Å². The first-order valence-electron chi connectivity index (χ1n) is 5.88. The van der Waals surface area contributed by atoms with Gasteiger partial charge in [-0.15, -0.1) is 0 Å². The van der Waals surface area contributed by atoms with Crippen LogP contribution in [0, 0.1) is 5.92 Å². The number of nitrogens with zero attached hydrogens (tertiary/aromatic N) is 1. The third-order valence-corrected chi connectivity index (χ3v) is 3.02. The van der Waals surface area contributed by atoms with Gasteiger partial charge in [0.1, 0.15) is 0 Å². The molecular formula is C11H21N3O3. The first-order chi connectivity index (χ1) is 8.08. The number of oxime groups is 1. The number of hydrogen-bond donors (Lipinski definition) is 3. The lowest BCUT2D eigenvalue weighted by atomic mass is 10.1. The van der Waals surface area contributed by atoms with Gasteiger partial charge in [-0.05, 0) is 32.1 Å². The molecule has 0 aromatic rings. The van der Waals surface area contributed by atoms with Crippen molar-refractivity contribution in [2.45, 2.75) is 44.8 Å². The van der Waals surface area contributed by atoms with E-state index >= 15 is 0 Å². The van der Waals surface area contributed by atoms with Crippen LogP contribution in [0.4, 0.5) is 0 Å². The summed E-state index contributed by atoms with van der Waals surface area (Å²) in [5.41, 5.74) is 5.55. The average Bonchev–Trinajstić information content (AvgIpc) is 3.16. The molecule has 1 aliphatic carbocycles. The van der Waals surface area contributed by atoms with Crippen LogP contribution >= 0.6 is 0 Å². The molecule has 2 atom stereocenters. The number of ether oxygens (including phenoxy) is 1. The van der Waals surface area contributed by atoms with Crippen LogP contribution in [-0.4, -0.2) is 36.2 Å². The molecule has 0 aromatic heterocycles. The number of rotatable bonds is 7. The highest BCUT2D eigenvalue weighted by Crippen LogP contribution is 2.32. The van der Waals surface area contributed by atoms with Crippen molar-refractivity contribution in [2.75, 3.05) is 7.11 Å². The number of amidine groups is 1. The van der Waals surface area contributed by atoms with E-state index in [4.69, 9.17) is 15.7 Å². The second-order valence-corrected chi connectivity index (χ2v) is 4.49. The summed E-state index contributed by atoms with van der Waals surface area (Å²) in [6.45, 7) is 1.91. The second-order valence-electron chi connectivity index (χ2n) is 4.49. The van der Waals surface area contributed by atoms with Crippen molar-refractivity contribution in [3.8, 4) is 0 Å². The molecule has 2 unspecified atom stereocenters. The molecule has 0 spiro atoms. The first kappa shape index (κ1) is 13.8. The van der Waals surface area contributed by atoms with Crippen molar-refractivity contribution < 1.29 is 14.7 Å². The monoisotopic (exact) mass is 243 g/mol. The van der Waals surface area contributed by atoms with Crippen LogP contribution in [0.2, 0.25) is 0 Å². The lowest BCUT2D eigenvalue weighted by Gasteiger charge is -2.17. The standard InChI is InChI=1S/C11H21N3O3/c1-7(17-2)3-6-9(15)13-10(8-4-5-8)11(12)14-16/h7-8,10,16H,3-6H2,1-2H3,(H2,12,14)(H,13,15). The normalized spacial score (nSPS) is 19.8. The fraction of sp³-hybridized carbons (Fsp3) is 0.818. The lowest BCUT2D eigenvalue weighted by Crippen LogP contribution is -2.46. The fourth-order valence-corrected chi connectivity index (χ4v) is 1.62. The van der Waals surface area contributed by atoms with Crippen molar-refractivity contribution in [3.63, 3.8) is 0 Å². The summed E-state index contributed by atoms with van der Waals surface area (Å²) in [4.78, 5) is 11.7. The largest absolute Gasteiger partial charge is 0.409 e. The molecule has 0 aromatic carbocycles. The molecule has 1 amide bonds. The predicted octanol–water partition coefficient (Wildman–Crippen LogP) is 0.443. The Morgan fingerprint density at radius 2 is 2.29 bits per heavy atom. The Morgan fingerprint density at radius 1 is 1.65 bits per heavy atom. The Kier molecular flexibility index (Phi) is 5.21. The SMILES string of the molecule is COC(C)CCC(=O)NC(C(N)=NO)C1CC1. The highest BCUT2D eigenvalue weighted by Gasteiger charge is 2.35. The minimum absolute atomic E-state index is 0.0592. The molecule has 1 fully saturated rings. The van der Waals surface area contributed by atoms with Crippen molar-refractivity contribution in [1.82, 2.24) is 5.32 Å². The van der Waals surface area contributed by atoms with Gasteiger partial charge in [-0.25, -0.2) is 0 Å². The van der Waals surface area contributed by atoms with E-state index in [2.05, 4.69) is 10.5 Å². The van der Waals surface area contributed by atoms with Crippen molar-refractivity contribution >= 4 is 11.7 Å². The lowest BCUT2D eigenvalue weighted by molar-refractivity contribution is -0.122. The Morgan fingerprint density at radius 3 is 2.76 bits per heavy atom. The molecule has 0 heterocycles. The maximum atomic E-state index is 11.7. The van der Waals surface area contributed by atoms with Gasteiger partial charge in [-0.1, -0.05) is 5.16 Å². The number of nitrogens with two attached hydrogens (primary N) is 1. The van der Waals surface area contributed by atoms with Crippen LogP contribution in [0.5, 0.6) is 0 Å². The number of methoxy groups -OCH3 is 1. The first-order valence-corrected chi connectivity index (χ1v) is 5.88. The van der Waals surface area contributed by atoms with Gasteiger partial charge in [-0.2, -0.15) is 0 Å². The van der Waals surface area contributed by atoms with Gasteiger partial charge in [-0.3, -0.25) is 4.79 Å². The Labute approximate surface area is 101 Å². The predicted molar refractivity (Wildman–Crippen MR) is 63.8 cm³/mol. The number of carbonyl (C=O) groups excluding carboxylic acids is 1. The fourth-order valence-electron chi connectivity index (χ4n) is 1.62. The van der Waals surface area contributed by atoms with Crippen molar-refractivity contribution in [2.24, 2.45) is 16.8 Å². The van der Waals surface area contributed by atoms with E-state index < -0.39 is 0 Å². The maximum absolute atomic E-state index is 11.7. The zero-order valence-electron chi connectivity index (χ0n) is 10.3. The highest BCUT2D eigenvalue weighted by atomic mass is 16.5. The molecule has 98 valence electrons. The summed E-state index contributed by atoms with van der Waals surface area (Å²) in [5, 5.41) is 14.4. The number of carbonyl (C=O) groups is 1. The average molecular weight is 243 g/mol. The molecule has 17 heavy (non-hydrogen) atoms. The van der Waals surface area contributed by atoms with E-state index in [1.54, 1.807) is 7.11 Å². The Bertz CT molecular complexity index is 290. The molecule has 4 N–H and O–H groups in total. The summed E-state index contributed by atoms with van der Waals surface area (Å²) >= 11 is 0. The van der Waals surface area contributed by atoms with Gasteiger partial charge in [0, 0.05) is 13.5 Å². The maximum Gasteiger partial charge on any atom is 0.220 e. The van der Waals surface area contributed by atoms with Crippen LogP contribution in [-0.2, 0) is 9.53 Å². The molecule has 6 nitrogen and oxygen atoms in total. The summed E-state index contributed by atoms with van der Waals surface area (Å²) in [6.07, 6.45) is 3.13. The molecule has 0 radical (unpaired) electrons. The van der Waals surface area contributed by atoms with Crippen molar-refractivity contribution in [1.29, 1.82) is 0 Å². The zero-order valence-corrected chi connectivity index (χ0v) is 10.3.